The van der Waals surface area contributed by atoms with Crippen molar-refractivity contribution in [3.05, 3.63) is 45.0 Å². The van der Waals surface area contributed by atoms with Crippen molar-refractivity contribution in [3.63, 3.8) is 0 Å². The Morgan fingerprint density at radius 3 is 2.93 bits per heavy atom. The lowest BCUT2D eigenvalue weighted by Gasteiger charge is -2.13. The maximum atomic E-state index is 13.4. The number of rotatable bonds is 8. The van der Waals surface area contributed by atoms with Crippen molar-refractivity contribution in [2.75, 3.05) is 18.6 Å². The number of nitrogens with one attached hydrogen (secondary N) is 1. The number of aryl methyl sites for hydroxylation is 2. The molecular formula is C19H23N3O4S3. The van der Waals surface area contributed by atoms with Crippen LogP contribution in [0, 0.1) is 0 Å². The van der Waals surface area contributed by atoms with Gasteiger partial charge in [0.1, 0.15) is 10.6 Å². The second-order valence-corrected chi connectivity index (χ2v) is 11.1. The third-order valence-electron chi connectivity index (χ3n) is 4.85. The van der Waals surface area contributed by atoms with Crippen LogP contribution in [-0.2, 0) is 29.4 Å². The van der Waals surface area contributed by atoms with E-state index < -0.39 is 10.0 Å². The van der Waals surface area contributed by atoms with Crippen LogP contribution in [-0.4, -0.2) is 36.5 Å². The molecule has 0 amide bonds. The van der Waals surface area contributed by atoms with Gasteiger partial charge in [-0.1, -0.05) is 11.8 Å². The minimum Gasteiger partial charge on any atom is -0.467 e. The zero-order valence-corrected chi connectivity index (χ0v) is 18.6. The molecule has 3 heterocycles. The van der Waals surface area contributed by atoms with Gasteiger partial charge in [0.25, 0.3) is 5.56 Å². The highest BCUT2D eigenvalue weighted by Gasteiger charge is 2.22. The second-order valence-electron chi connectivity index (χ2n) is 7.12. The van der Waals surface area contributed by atoms with Gasteiger partial charge in [0.15, 0.2) is 5.16 Å². The number of hydrogen-bond donors (Lipinski definition) is 1. The number of thioether (sulfide) groups is 1. The number of hydrogen-bond acceptors (Lipinski definition) is 7. The first-order valence-corrected chi connectivity index (χ1v) is 13.3. The summed E-state index contributed by atoms with van der Waals surface area (Å²) in [4.78, 5) is 20.3. The minimum atomic E-state index is -3.19. The summed E-state index contributed by atoms with van der Waals surface area (Å²) < 4.78 is 32.0. The van der Waals surface area contributed by atoms with Gasteiger partial charge in [-0.25, -0.2) is 18.1 Å². The van der Waals surface area contributed by atoms with Gasteiger partial charge in [0, 0.05) is 17.2 Å². The lowest BCUT2D eigenvalue weighted by atomic mass is 9.97. The molecule has 156 valence electrons. The second kappa shape index (κ2) is 8.63. The van der Waals surface area contributed by atoms with Crippen LogP contribution in [0.5, 0.6) is 0 Å². The van der Waals surface area contributed by atoms with E-state index in [0.717, 1.165) is 42.2 Å². The maximum absolute atomic E-state index is 13.4. The van der Waals surface area contributed by atoms with E-state index in [9.17, 15) is 13.2 Å². The third kappa shape index (κ3) is 4.76. The fourth-order valence-corrected chi connectivity index (χ4v) is 6.28. The first kappa shape index (κ1) is 20.6. The molecule has 0 fully saturated rings. The van der Waals surface area contributed by atoms with Gasteiger partial charge in [0.05, 0.1) is 24.4 Å². The van der Waals surface area contributed by atoms with E-state index in [1.165, 1.54) is 22.2 Å². The Morgan fingerprint density at radius 1 is 1.34 bits per heavy atom. The Labute approximate surface area is 177 Å². The van der Waals surface area contributed by atoms with Crippen LogP contribution in [0.4, 0.5) is 0 Å². The van der Waals surface area contributed by atoms with Crippen LogP contribution in [0.1, 0.15) is 35.5 Å². The number of thiophene rings is 1. The molecule has 0 saturated carbocycles. The Hall–Kier alpha value is -1.62. The smallest absolute Gasteiger partial charge is 0.263 e. The normalized spacial score (nSPS) is 14.4. The number of nitrogens with zero attached hydrogens (tertiary/aromatic N) is 2. The van der Waals surface area contributed by atoms with E-state index in [4.69, 9.17) is 9.40 Å². The van der Waals surface area contributed by atoms with Crippen molar-refractivity contribution >= 4 is 43.3 Å². The summed E-state index contributed by atoms with van der Waals surface area (Å²) in [7, 11) is -3.19. The molecule has 0 aromatic carbocycles. The molecule has 0 radical (unpaired) electrons. The number of aromatic nitrogens is 2. The quantitative estimate of drug-likeness (QED) is 0.320. The monoisotopic (exact) mass is 453 g/mol. The van der Waals surface area contributed by atoms with Crippen molar-refractivity contribution in [1.82, 2.24) is 14.3 Å². The van der Waals surface area contributed by atoms with Crippen LogP contribution >= 0.6 is 23.1 Å². The summed E-state index contributed by atoms with van der Waals surface area (Å²) in [5.74, 6) is 1.36. The molecule has 0 aliphatic heterocycles. The minimum absolute atomic E-state index is 0.0115. The molecule has 10 heteroatoms. The van der Waals surface area contributed by atoms with E-state index in [1.807, 2.05) is 12.1 Å². The number of furan rings is 1. The first-order chi connectivity index (χ1) is 13.9. The Bertz CT molecular complexity index is 1160. The predicted octanol–water partition coefficient (Wildman–Crippen LogP) is 3.01. The van der Waals surface area contributed by atoms with E-state index in [-0.39, 0.29) is 5.56 Å². The van der Waals surface area contributed by atoms with Gasteiger partial charge < -0.3 is 4.42 Å². The van der Waals surface area contributed by atoms with Gasteiger partial charge in [-0.15, -0.1) is 11.3 Å². The topological polar surface area (TPSA) is 94.2 Å². The van der Waals surface area contributed by atoms with Gasteiger partial charge in [-0.05, 0) is 49.8 Å². The predicted molar refractivity (Wildman–Crippen MR) is 117 cm³/mol. The zero-order chi connectivity index (χ0) is 20.4. The fourth-order valence-electron chi connectivity index (χ4n) is 3.52. The molecule has 0 saturated heterocycles. The Morgan fingerprint density at radius 2 is 2.17 bits per heavy atom. The van der Waals surface area contributed by atoms with Crippen LogP contribution in [0.25, 0.3) is 10.2 Å². The summed E-state index contributed by atoms with van der Waals surface area (Å²) in [5.41, 5.74) is 1.17. The van der Waals surface area contributed by atoms with E-state index in [0.29, 0.717) is 36.2 Å². The van der Waals surface area contributed by atoms with Gasteiger partial charge in [-0.2, -0.15) is 0 Å². The summed E-state index contributed by atoms with van der Waals surface area (Å²) in [6, 6.07) is 3.66. The molecule has 4 rings (SSSR count). The Kier molecular flexibility index (Phi) is 6.14. The molecule has 3 aromatic rings. The lowest BCUT2D eigenvalue weighted by molar-refractivity contribution is 0.476. The van der Waals surface area contributed by atoms with Crippen molar-refractivity contribution in [2.24, 2.45) is 0 Å². The average Bonchev–Trinajstić information content (AvgIpc) is 3.30. The van der Waals surface area contributed by atoms with Crippen molar-refractivity contribution in [1.29, 1.82) is 0 Å². The summed E-state index contributed by atoms with van der Waals surface area (Å²) in [6.07, 6.45) is 7.63. The Balaban J connectivity index is 1.65. The van der Waals surface area contributed by atoms with Gasteiger partial charge >= 0.3 is 0 Å². The van der Waals surface area contributed by atoms with Crippen LogP contribution < -0.4 is 10.3 Å². The molecule has 1 N–H and O–H groups in total. The van der Waals surface area contributed by atoms with Crippen LogP contribution in [0.15, 0.2) is 32.8 Å². The molecule has 0 bridgehead atoms. The van der Waals surface area contributed by atoms with Crippen LogP contribution in [0.2, 0.25) is 0 Å². The molecule has 0 spiro atoms. The maximum Gasteiger partial charge on any atom is 0.263 e. The van der Waals surface area contributed by atoms with Crippen LogP contribution in [0.3, 0.4) is 0 Å². The highest BCUT2D eigenvalue weighted by atomic mass is 32.2. The molecule has 3 aromatic heterocycles. The molecule has 7 nitrogen and oxygen atoms in total. The van der Waals surface area contributed by atoms with Crippen molar-refractivity contribution in [2.45, 2.75) is 43.8 Å². The highest BCUT2D eigenvalue weighted by molar-refractivity contribution is 7.99. The molecule has 1 aliphatic rings. The van der Waals surface area contributed by atoms with E-state index in [1.54, 1.807) is 22.2 Å². The average molecular weight is 454 g/mol. The summed E-state index contributed by atoms with van der Waals surface area (Å²) in [5, 5.41) is 1.41. The third-order valence-corrected chi connectivity index (χ3v) is 7.83. The molecule has 0 unspecified atom stereocenters. The lowest BCUT2D eigenvalue weighted by Crippen LogP contribution is -2.25. The molecule has 0 atom stereocenters. The summed E-state index contributed by atoms with van der Waals surface area (Å²) >= 11 is 3.12. The van der Waals surface area contributed by atoms with Crippen molar-refractivity contribution in [3.8, 4) is 0 Å². The van der Waals surface area contributed by atoms with Gasteiger partial charge in [0.2, 0.25) is 10.0 Å². The summed E-state index contributed by atoms with van der Waals surface area (Å²) in [6.45, 7) is 0.701. The molecule has 29 heavy (non-hydrogen) atoms. The van der Waals surface area contributed by atoms with Gasteiger partial charge in [-0.3, -0.25) is 9.36 Å². The number of sulfonamides is 1. The molecular weight excluding hydrogens is 430 g/mol. The highest BCUT2D eigenvalue weighted by Crippen LogP contribution is 2.34. The standard InChI is InChI=1S/C19H23N3O4S3/c1-29(24,25)20-9-5-11-27-19-21-17-16(14-7-2-3-8-15(14)28-17)18(23)22(19)12-13-6-4-10-26-13/h4,6,10,20H,2-3,5,7-9,11-12H2,1H3. The van der Waals surface area contributed by atoms with E-state index >= 15 is 0 Å². The first-order valence-electron chi connectivity index (χ1n) is 9.57. The fraction of sp³-hybridized carbons (Fsp3) is 0.474. The zero-order valence-electron chi connectivity index (χ0n) is 16.1. The van der Waals surface area contributed by atoms with E-state index in [2.05, 4.69) is 4.72 Å². The largest absolute Gasteiger partial charge is 0.467 e. The van der Waals surface area contributed by atoms with Crippen molar-refractivity contribution < 1.29 is 12.8 Å². The SMILES string of the molecule is CS(=O)(=O)NCCCSc1nc2sc3c(c2c(=O)n1Cc1ccco1)CCCC3. The molecule has 1 aliphatic carbocycles. The number of fused-ring (bicyclic) bond motifs is 3.